The lowest BCUT2D eigenvalue weighted by Gasteiger charge is -2.37. The van der Waals surface area contributed by atoms with Gasteiger partial charge in [0.1, 0.15) is 17.9 Å². The maximum atomic E-state index is 14.2. The van der Waals surface area contributed by atoms with Gasteiger partial charge in [0.2, 0.25) is 5.91 Å². The number of carbonyl (C=O) groups excluding carboxylic acids is 2. The lowest BCUT2D eigenvalue weighted by molar-refractivity contribution is -0.162. The van der Waals surface area contributed by atoms with E-state index in [1.165, 1.54) is 11.1 Å². The molecule has 47 heavy (non-hydrogen) atoms. The third-order valence-corrected chi connectivity index (χ3v) is 8.97. The van der Waals surface area contributed by atoms with Gasteiger partial charge in [0.15, 0.2) is 18.1 Å². The predicted molar refractivity (Wildman–Crippen MR) is 179 cm³/mol. The topological polar surface area (TPSA) is 112 Å². The second-order valence-corrected chi connectivity index (χ2v) is 12.2. The van der Waals surface area contributed by atoms with Gasteiger partial charge in [-0.1, -0.05) is 43.3 Å². The predicted octanol–water partition coefficient (Wildman–Crippen LogP) is 6.88. The summed E-state index contributed by atoms with van der Waals surface area (Å²) < 4.78 is 22.8. The highest BCUT2D eigenvalue weighted by molar-refractivity contribution is 5.89. The van der Waals surface area contributed by atoms with Gasteiger partial charge in [0, 0.05) is 6.54 Å². The van der Waals surface area contributed by atoms with Crippen molar-refractivity contribution in [2.75, 3.05) is 27.4 Å². The van der Waals surface area contributed by atoms with Crippen LogP contribution in [0.4, 0.5) is 0 Å². The fourth-order valence-corrected chi connectivity index (χ4v) is 6.30. The maximum absolute atomic E-state index is 14.2. The lowest BCUT2D eigenvalue weighted by atomic mass is 9.91. The van der Waals surface area contributed by atoms with Gasteiger partial charge < -0.3 is 29.0 Å². The van der Waals surface area contributed by atoms with Crippen molar-refractivity contribution in [1.82, 2.24) is 4.90 Å². The standard InChI is InChI=1S/C38H47NO8/c1-7-31(29-20-26(4)36(45-6)34(22-29)44-5)37(42)39-18-9-8-13-32(39)38(43)47-33(17-16-27-15-14-24(2)25(3)19-27)28-11-10-12-30(21-28)46-23-35(40)41/h10-12,14-15,19-22,31-33H,7-9,13,16-18,23H2,1-6H3,(H,40,41)/t31-,32-,33+/m0/s1. The molecule has 3 atom stereocenters. The number of aryl methyl sites for hydroxylation is 4. The molecule has 1 N–H and O–H groups in total. The Morgan fingerprint density at radius 1 is 0.915 bits per heavy atom. The van der Waals surface area contributed by atoms with E-state index >= 15 is 0 Å². The quantitative estimate of drug-likeness (QED) is 0.189. The first-order valence-corrected chi connectivity index (χ1v) is 16.3. The molecule has 1 amide bonds. The molecule has 0 saturated carbocycles. The average molecular weight is 646 g/mol. The van der Waals surface area contributed by atoms with Crippen LogP contribution < -0.4 is 14.2 Å². The number of carbonyl (C=O) groups is 3. The Balaban J connectivity index is 1.60. The highest BCUT2D eigenvalue weighted by atomic mass is 16.5. The first-order chi connectivity index (χ1) is 22.6. The lowest BCUT2D eigenvalue weighted by Crippen LogP contribution is -2.50. The maximum Gasteiger partial charge on any atom is 0.341 e. The molecule has 9 nitrogen and oxygen atoms in total. The minimum Gasteiger partial charge on any atom is -0.493 e. The molecule has 1 aliphatic heterocycles. The SMILES string of the molecule is CC[C@H](C(=O)N1CCCC[C@H]1C(=O)O[C@H](CCc1ccc(C)c(C)c1)c1cccc(OCC(=O)O)c1)c1cc(C)c(OC)c(OC)c1. The van der Waals surface area contributed by atoms with Crippen molar-refractivity contribution in [3.05, 3.63) is 88.0 Å². The monoisotopic (exact) mass is 645 g/mol. The Kier molecular flexibility index (Phi) is 12.3. The normalized spacial score (nSPS) is 15.8. The van der Waals surface area contributed by atoms with Crippen LogP contribution >= 0.6 is 0 Å². The number of rotatable bonds is 14. The molecule has 0 aliphatic carbocycles. The zero-order valence-corrected chi connectivity index (χ0v) is 28.3. The van der Waals surface area contributed by atoms with Crippen LogP contribution in [0.1, 0.15) is 84.4 Å². The molecule has 1 saturated heterocycles. The van der Waals surface area contributed by atoms with E-state index in [0.717, 1.165) is 29.5 Å². The Morgan fingerprint density at radius 3 is 2.38 bits per heavy atom. The van der Waals surface area contributed by atoms with Gasteiger partial charge in [-0.2, -0.15) is 0 Å². The van der Waals surface area contributed by atoms with Gasteiger partial charge in [0.05, 0.1) is 20.1 Å². The molecule has 0 unspecified atom stereocenters. The third-order valence-electron chi connectivity index (χ3n) is 8.97. The second-order valence-electron chi connectivity index (χ2n) is 12.2. The Labute approximate surface area is 277 Å². The summed E-state index contributed by atoms with van der Waals surface area (Å²) in [5.41, 5.74) is 5.89. The summed E-state index contributed by atoms with van der Waals surface area (Å²) in [6.45, 7) is 8.01. The number of benzene rings is 3. The van der Waals surface area contributed by atoms with Gasteiger partial charge >= 0.3 is 11.9 Å². The Hall–Kier alpha value is -4.53. The fraction of sp³-hybridized carbons (Fsp3) is 0.447. The number of likely N-dealkylation sites (tertiary alicyclic amines) is 1. The number of ether oxygens (including phenoxy) is 4. The number of methoxy groups -OCH3 is 2. The number of hydrogen-bond acceptors (Lipinski definition) is 7. The zero-order valence-electron chi connectivity index (χ0n) is 28.3. The molecule has 4 rings (SSSR count). The van der Waals surface area contributed by atoms with E-state index < -0.39 is 36.6 Å². The zero-order chi connectivity index (χ0) is 34.1. The van der Waals surface area contributed by atoms with Gasteiger partial charge in [-0.25, -0.2) is 9.59 Å². The third kappa shape index (κ3) is 8.84. The number of amides is 1. The van der Waals surface area contributed by atoms with Crippen LogP contribution in [0.3, 0.4) is 0 Å². The summed E-state index contributed by atoms with van der Waals surface area (Å²) in [5.74, 6) is -0.543. The molecule has 0 radical (unpaired) electrons. The highest BCUT2D eigenvalue weighted by Crippen LogP contribution is 2.37. The Bertz CT molecular complexity index is 1570. The van der Waals surface area contributed by atoms with E-state index in [0.29, 0.717) is 55.0 Å². The molecule has 1 fully saturated rings. The van der Waals surface area contributed by atoms with Crippen molar-refractivity contribution in [3.8, 4) is 17.2 Å². The number of esters is 1. The van der Waals surface area contributed by atoms with Gasteiger partial charge in [-0.3, -0.25) is 4.79 Å². The van der Waals surface area contributed by atoms with Crippen molar-refractivity contribution in [1.29, 1.82) is 0 Å². The summed E-state index contributed by atoms with van der Waals surface area (Å²) in [6.07, 6.45) is 3.19. The van der Waals surface area contributed by atoms with Crippen LogP contribution in [0.25, 0.3) is 0 Å². The van der Waals surface area contributed by atoms with E-state index in [-0.39, 0.29) is 5.91 Å². The van der Waals surface area contributed by atoms with E-state index in [9.17, 15) is 14.4 Å². The van der Waals surface area contributed by atoms with Crippen LogP contribution in [0, 0.1) is 20.8 Å². The molecule has 0 spiro atoms. The highest BCUT2D eigenvalue weighted by Gasteiger charge is 2.38. The number of carboxylic acid groups (broad SMARTS) is 1. The molecule has 1 heterocycles. The van der Waals surface area contributed by atoms with Gasteiger partial charge in [0.25, 0.3) is 0 Å². The number of nitrogens with zero attached hydrogens (tertiary/aromatic N) is 1. The first kappa shape index (κ1) is 35.3. The Morgan fingerprint density at radius 2 is 1.70 bits per heavy atom. The van der Waals surface area contributed by atoms with Gasteiger partial charge in [-0.15, -0.1) is 0 Å². The largest absolute Gasteiger partial charge is 0.493 e. The molecule has 0 aromatic heterocycles. The van der Waals surface area contributed by atoms with Crippen LogP contribution in [0.15, 0.2) is 54.6 Å². The summed E-state index contributed by atoms with van der Waals surface area (Å²) >= 11 is 0. The number of piperidine rings is 1. The van der Waals surface area contributed by atoms with Crippen LogP contribution in [0.2, 0.25) is 0 Å². The molecular weight excluding hydrogens is 598 g/mol. The van der Waals surface area contributed by atoms with Crippen LogP contribution in [-0.2, 0) is 25.5 Å². The summed E-state index contributed by atoms with van der Waals surface area (Å²) in [4.78, 5) is 41.0. The molecule has 0 bridgehead atoms. The minimum absolute atomic E-state index is 0.114. The molecule has 252 valence electrons. The summed E-state index contributed by atoms with van der Waals surface area (Å²) in [6, 6.07) is 16.4. The molecule has 1 aliphatic rings. The van der Waals surface area contributed by atoms with Crippen molar-refractivity contribution in [3.63, 3.8) is 0 Å². The number of aliphatic carboxylic acids is 1. The molecule has 9 heteroatoms. The molecular formula is C38H47NO8. The van der Waals surface area contributed by atoms with Gasteiger partial charge in [-0.05, 0) is 111 Å². The van der Waals surface area contributed by atoms with E-state index in [4.69, 9.17) is 24.1 Å². The molecule has 3 aromatic rings. The van der Waals surface area contributed by atoms with E-state index in [2.05, 4.69) is 32.0 Å². The van der Waals surface area contributed by atoms with Crippen molar-refractivity contribution >= 4 is 17.8 Å². The average Bonchev–Trinajstić information content (AvgIpc) is 3.07. The van der Waals surface area contributed by atoms with Crippen LogP contribution in [-0.4, -0.2) is 61.3 Å². The van der Waals surface area contributed by atoms with Crippen molar-refractivity contribution in [2.45, 2.75) is 84.3 Å². The molecule has 3 aromatic carbocycles. The van der Waals surface area contributed by atoms with E-state index in [1.807, 2.05) is 32.0 Å². The fourth-order valence-electron chi connectivity index (χ4n) is 6.30. The van der Waals surface area contributed by atoms with E-state index in [1.54, 1.807) is 37.3 Å². The second kappa shape index (κ2) is 16.3. The summed E-state index contributed by atoms with van der Waals surface area (Å²) in [7, 11) is 3.16. The smallest absolute Gasteiger partial charge is 0.341 e. The number of hydrogen-bond donors (Lipinski definition) is 1. The minimum atomic E-state index is -1.08. The number of carboxylic acids is 1. The summed E-state index contributed by atoms with van der Waals surface area (Å²) in [5, 5.41) is 9.09. The van der Waals surface area contributed by atoms with Crippen molar-refractivity contribution < 1.29 is 38.4 Å². The van der Waals surface area contributed by atoms with Crippen LogP contribution in [0.5, 0.6) is 17.2 Å². The first-order valence-electron chi connectivity index (χ1n) is 16.3. The van der Waals surface area contributed by atoms with Crippen molar-refractivity contribution in [2.24, 2.45) is 0 Å².